The second kappa shape index (κ2) is 8.31. The number of hydrogen-bond acceptors (Lipinski definition) is 6. The van der Waals surface area contributed by atoms with E-state index in [0.29, 0.717) is 16.5 Å². The van der Waals surface area contributed by atoms with Gasteiger partial charge >= 0.3 is 0 Å². The molecule has 0 aliphatic heterocycles. The molecule has 7 nitrogen and oxygen atoms in total. The molecule has 0 bridgehead atoms. The van der Waals surface area contributed by atoms with E-state index in [1.807, 2.05) is 0 Å². The number of benzene rings is 2. The fourth-order valence-electron chi connectivity index (χ4n) is 2.58. The standard InChI is InChI=1S/C20H14ClN3O4S2/c21-15-7-1-2-8-16(15)24-30(26,27)14-6-3-5-13(11-14)22-19(25)17-12-29-20(23-17)18-9-4-10-28-18/h1-12,24H,(H,22,25). The molecule has 2 N–H and O–H groups in total. The number of anilines is 2. The number of hydrogen-bond donors (Lipinski definition) is 2. The first kappa shape index (κ1) is 20.1. The monoisotopic (exact) mass is 459 g/mol. The third-order valence-electron chi connectivity index (χ3n) is 3.99. The number of thiazole rings is 1. The normalized spacial score (nSPS) is 11.2. The Morgan fingerprint density at radius 2 is 1.90 bits per heavy atom. The third kappa shape index (κ3) is 4.38. The van der Waals surface area contributed by atoms with Crippen molar-refractivity contribution in [3.05, 3.63) is 83.0 Å². The summed E-state index contributed by atoms with van der Waals surface area (Å²) in [6.07, 6.45) is 1.53. The van der Waals surface area contributed by atoms with E-state index in [9.17, 15) is 13.2 Å². The molecule has 152 valence electrons. The first-order valence-electron chi connectivity index (χ1n) is 8.60. The molecule has 0 fully saturated rings. The van der Waals surface area contributed by atoms with Crippen molar-refractivity contribution in [1.82, 2.24) is 4.98 Å². The highest BCUT2D eigenvalue weighted by Gasteiger charge is 2.18. The molecule has 0 radical (unpaired) electrons. The lowest BCUT2D eigenvalue weighted by Gasteiger charge is -2.11. The van der Waals surface area contributed by atoms with Gasteiger partial charge in [0.1, 0.15) is 5.69 Å². The number of amides is 1. The quantitative estimate of drug-likeness (QED) is 0.417. The molecule has 0 unspecified atom stereocenters. The van der Waals surface area contributed by atoms with E-state index < -0.39 is 15.9 Å². The second-order valence-corrected chi connectivity index (χ2v) is 9.03. The van der Waals surface area contributed by atoms with Crippen LogP contribution in [0.15, 0.2) is 81.6 Å². The molecular formula is C20H14ClN3O4S2. The Kier molecular flexibility index (Phi) is 5.58. The maximum Gasteiger partial charge on any atom is 0.275 e. The maximum atomic E-state index is 12.7. The lowest BCUT2D eigenvalue weighted by Crippen LogP contribution is -2.15. The van der Waals surface area contributed by atoms with Gasteiger partial charge in [-0.05, 0) is 42.5 Å². The Balaban J connectivity index is 1.52. The van der Waals surface area contributed by atoms with Gasteiger partial charge in [-0.3, -0.25) is 9.52 Å². The minimum Gasteiger partial charge on any atom is -0.462 e. The Labute approximate surface area is 181 Å². The van der Waals surface area contributed by atoms with Crippen LogP contribution in [0.5, 0.6) is 0 Å². The first-order chi connectivity index (χ1) is 14.4. The predicted molar refractivity (Wildman–Crippen MR) is 116 cm³/mol. The van der Waals surface area contributed by atoms with Crippen LogP contribution in [0.2, 0.25) is 5.02 Å². The molecule has 4 rings (SSSR count). The molecule has 0 spiro atoms. The highest BCUT2D eigenvalue weighted by molar-refractivity contribution is 7.92. The third-order valence-corrected chi connectivity index (χ3v) is 6.54. The minimum absolute atomic E-state index is 0.0187. The lowest BCUT2D eigenvalue weighted by molar-refractivity contribution is 0.102. The summed E-state index contributed by atoms with van der Waals surface area (Å²) in [6.45, 7) is 0. The summed E-state index contributed by atoms with van der Waals surface area (Å²) in [6, 6.07) is 15.9. The number of rotatable bonds is 6. The van der Waals surface area contributed by atoms with Crippen molar-refractivity contribution in [2.24, 2.45) is 0 Å². The molecular weight excluding hydrogens is 446 g/mol. The zero-order chi connectivity index (χ0) is 21.1. The van der Waals surface area contributed by atoms with E-state index in [4.69, 9.17) is 16.0 Å². The van der Waals surface area contributed by atoms with Gasteiger partial charge in [0.25, 0.3) is 15.9 Å². The highest BCUT2D eigenvalue weighted by Crippen LogP contribution is 2.26. The molecule has 0 aliphatic rings. The number of para-hydroxylation sites is 1. The molecule has 0 atom stereocenters. The average Bonchev–Trinajstić information content (AvgIpc) is 3.42. The number of carbonyl (C=O) groups is 1. The molecule has 0 aliphatic carbocycles. The molecule has 10 heteroatoms. The molecule has 2 aromatic carbocycles. The molecule has 0 saturated heterocycles. The van der Waals surface area contributed by atoms with Gasteiger partial charge in [-0.15, -0.1) is 11.3 Å². The maximum absolute atomic E-state index is 12.7. The Morgan fingerprint density at radius 1 is 1.07 bits per heavy atom. The van der Waals surface area contributed by atoms with Crippen molar-refractivity contribution in [1.29, 1.82) is 0 Å². The average molecular weight is 460 g/mol. The van der Waals surface area contributed by atoms with Crippen molar-refractivity contribution in [2.75, 3.05) is 10.0 Å². The molecule has 30 heavy (non-hydrogen) atoms. The first-order valence-corrected chi connectivity index (χ1v) is 11.3. The number of aromatic nitrogens is 1. The van der Waals surface area contributed by atoms with Crippen LogP contribution in [0, 0.1) is 0 Å². The van der Waals surface area contributed by atoms with Gasteiger partial charge in [0, 0.05) is 11.1 Å². The Morgan fingerprint density at radius 3 is 2.67 bits per heavy atom. The largest absolute Gasteiger partial charge is 0.462 e. The van der Waals surface area contributed by atoms with E-state index in [1.165, 1.54) is 35.8 Å². The number of furan rings is 1. The molecule has 0 saturated carbocycles. The van der Waals surface area contributed by atoms with Crippen LogP contribution < -0.4 is 10.0 Å². The summed E-state index contributed by atoms with van der Waals surface area (Å²) in [5, 5.41) is 5.12. The van der Waals surface area contributed by atoms with Crippen LogP contribution >= 0.6 is 22.9 Å². The number of sulfonamides is 1. The van der Waals surface area contributed by atoms with Gasteiger partial charge < -0.3 is 9.73 Å². The van der Waals surface area contributed by atoms with Crippen LogP contribution in [-0.4, -0.2) is 19.3 Å². The number of carbonyl (C=O) groups excluding carboxylic acids is 1. The zero-order valence-corrected chi connectivity index (χ0v) is 17.6. The molecule has 1 amide bonds. The van der Waals surface area contributed by atoms with Gasteiger partial charge in [0.2, 0.25) is 0 Å². The lowest BCUT2D eigenvalue weighted by atomic mass is 10.3. The van der Waals surface area contributed by atoms with Gasteiger partial charge in [-0.2, -0.15) is 0 Å². The van der Waals surface area contributed by atoms with Crippen molar-refractivity contribution in [2.45, 2.75) is 4.90 Å². The topological polar surface area (TPSA) is 101 Å². The molecule has 2 aromatic heterocycles. The van der Waals surface area contributed by atoms with Gasteiger partial charge in [0.05, 0.1) is 21.9 Å². The van der Waals surface area contributed by atoms with E-state index in [1.54, 1.807) is 47.8 Å². The SMILES string of the molecule is O=C(Nc1cccc(S(=O)(=O)Nc2ccccc2Cl)c1)c1csc(-c2ccco2)n1. The van der Waals surface area contributed by atoms with E-state index >= 15 is 0 Å². The van der Waals surface area contributed by atoms with Gasteiger partial charge in [-0.25, -0.2) is 13.4 Å². The highest BCUT2D eigenvalue weighted by atomic mass is 35.5. The van der Waals surface area contributed by atoms with Crippen molar-refractivity contribution in [3.63, 3.8) is 0 Å². The minimum atomic E-state index is -3.90. The smallest absolute Gasteiger partial charge is 0.275 e. The summed E-state index contributed by atoms with van der Waals surface area (Å²) in [7, 11) is -3.90. The second-order valence-electron chi connectivity index (χ2n) is 6.08. The van der Waals surface area contributed by atoms with Crippen LogP contribution in [0.3, 0.4) is 0 Å². The van der Waals surface area contributed by atoms with Crippen LogP contribution in [0.4, 0.5) is 11.4 Å². The summed E-state index contributed by atoms with van der Waals surface area (Å²) in [5.74, 6) is 0.107. The van der Waals surface area contributed by atoms with E-state index in [-0.39, 0.29) is 21.3 Å². The Bertz CT molecular complexity index is 1300. The van der Waals surface area contributed by atoms with Crippen molar-refractivity contribution < 1.29 is 17.6 Å². The molecule has 2 heterocycles. The van der Waals surface area contributed by atoms with Crippen LogP contribution in [0.25, 0.3) is 10.8 Å². The molecule has 4 aromatic rings. The van der Waals surface area contributed by atoms with Gasteiger partial charge in [-0.1, -0.05) is 29.8 Å². The summed E-state index contributed by atoms with van der Waals surface area (Å²) < 4.78 is 33.1. The predicted octanol–water partition coefficient (Wildman–Crippen LogP) is 5.11. The summed E-state index contributed by atoms with van der Waals surface area (Å²) in [5.41, 5.74) is 0.782. The van der Waals surface area contributed by atoms with Gasteiger partial charge in [0.15, 0.2) is 10.8 Å². The number of nitrogens with one attached hydrogen (secondary N) is 2. The number of halogens is 1. The Hall–Kier alpha value is -3.14. The van der Waals surface area contributed by atoms with Crippen LogP contribution in [0.1, 0.15) is 10.5 Å². The fourth-order valence-corrected chi connectivity index (χ4v) is 4.71. The fraction of sp³-hybridized carbons (Fsp3) is 0. The van der Waals surface area contributed by atoms with Crippen molar-refractivity contribution >= 4 is 50.2 Å². The van der Waals surface area contributed by atoms with E-state index in [0.717, 1.165) is 0 Å². The summed E-state index contributed by atoms with van der Waals surface area (Å²) >= 11 is 7.30. The van der Waals surface area contributed by atoms with Crippen molar-refractivity contribution in [3.8, 4) is 10.8 Å². The van der Waals surface area contributed by atoms with Crippen LogP contribution in [-0.2, 0) is 10.0 Å². The number of nitrogens with zero attached hydrogens (tertiary/aromatic N) is 1. The summed E-state index contributed by atoms with van der Waals surface area (Å²) in [4.78, 5) is 16.7. The van der Waals surface area contributed by atoms with E-state index in [2.05, 4.69) is 15.0 Å². The zero-order valence-electron chi connectivity index (χ0n) is 15.2.